The van der Waals surface area contributed by atoms with Gasteiger partial charge in [0.05, 0.1) is 34.3 Å². The normalized spacial score (nSPS) is 17.1. The number of aromatic nitrogens is 1. The smallest absolute Gasteiger partial charge is 0.407 e. The summed E-state index contributed by atoms with van der Waals surface area (Å²) in [6, 6.07) is 12.8. The van der Waals surface area contributed by atoms with Gasteiger partial charge in [0.2, 0.25) is 23.6 Å². The number of nitrogens with zero attached hydrogens (tertiary/aromatic N) is 2. The Balaban J connectivity index is 1.28. The van der Waals surface area contributed by atoms with Crippen LogP contribution in [0.2, 0.25) is 0 Å². The maximum Gasteiger partial charge on any atom is 0.407 e. The van der Waals surface area contributed by atoms with E-state index in [2.05, 4.69) is 20.9 Å². The predicted octanol–water partition coefficient (Wildman–Crippen LogP) is 5.74. The molecule has 5 amide bonds. The highest BCUT2D eigenvalue weighted by Gasteiger charge is 2.44. The number of ether oxygens (including phenoxy) is 2. The van der Waals surface area contributed by atoms with Crippen LogP contribution in [0, 0.1) is 12.3 Å². The fourth-order valence-corrected chi connectivity index (χ4v) is 7.65. The number of alkyl carbamates (subject to hydrolysis) is 1. The van der Waals surface area contributed by atoms with Crippen LogP contribution in [0.1, 0.15) is 110 Å². The van der Waals surface area contributed by atoms with Crippen LogP contribution in [0.5, 0.6) is 5.75 Å². The molecule has 0 radical (unpaired) electrons. The summed E-state index contributed by atoms with van der Waals surface area (Å²) >= 11 is 1.57. The van der Waals surface area contributed by atoms with Gasteiger partial charge in [-0.1, -0.05) is 57.2 Å². The van der Waals surface area contributed by atoms with Gasteiger partial charge in [-0.15, -0.1) is 11.3 Å². The Kier molecular flexibility index (Phi) is 16.4. The molecule has 59 heavy (non-hydrogen) atoms. The van der Waals surface area contributed by atoms with E-state index in [1.807, 2.05) is 82.6 Å². The van der Waals surface area contributed by atoms with E-state index in [1.165, 1.54) is 4.90 Å². The van der Waals surface area contributed by atoms with E-state index >= 15 is 0 Å². The number of likely N-dealkylation sites (tertiary alicyclic amines) is 1. The van der Waals surface area contributed by atoms with Crippen LogP contribution in [0.15, 0.2) is 54.0 Å². The number of hydrogen-bond donors (Lipinski definition) is 5. The fourth-order valence-electron chi connectivity index (χ4n) is 6.84. The molecule has 1 aromatic heterocycles. The van der Waals surface area contributed by atoms with Crippen molar-refractivity contribution in [2.24, 2.45) is 11.1 Å². The first-order chi connectivity index (χ1) is 27.7. The minimum Gasteiger partial charge on any atom is -0.491 e. The number of thiazole rings is 1. The number of aliphatic hydroxyl groups excluding tert-OH is 1. The van der Waals surface area contributed by atoms with Crippen molar-refractivity contribution in [2.45, 2.75) is 136 Å². The molecule has 14 nitrogen and oxygen atoms in total. The Bertz CT molecular complexity index is 1900. The second-order valence-electron chi connectivity index (χ2n) is 17.4. The first-order valence-electron chi connectivity index (χ1n) is 20.3. The number of primary amides is 1. The first kappa shape index (κ1) is 46.7. The van der Waals surface area contributed by atoms with Gasteiger partial charge in [-0.25, -0.2) is 9.78 Å². The molecule has 0 aliphatic carbocycles. The lowest BCUT2D eigenvalue weighted by atomic mass is 9.85. The molecule has 0 bridgehead atoms. The van der Waals surface area contributed by atoms with E-state index in [0.29, 0.717) is 25.0 Å². The zero-order chi connectivity index (χ0) is 43.5. The number of β-amino-alcohol motifs (C(OH)–C–C–N with tert-alkyl or cyclic N) is 1. The van der Waals surface area contributed by atoms with Crippen molar-refractivity contribution in [3.8, 4) is 16.2 Å². The Morgan fingerprint density at radius 3 is 2.32 bits per heavy atom. The van der Waals surface area contributed by atoms with Gasteiger partial charge in [0.25, 0.3) is 0 Å². The SMILES string of the molecule is Cc1ncsc1-c1ccc([C@H](C)NC(=O)[C@@H]2C[C@@H](O)CN2C(=O)[C@@H](NC(=O)CCCCc2cccc(OC[C@H](CCC(N)=O)NC(=O)OC(C)(C)C)c2)C(C)(C)C)cc1. The molecule has 2 aromatic carbocycles. The van der Waals surface area contributed by atoms with Gasteiger partial charge in [-0.05, 0) is 94.5 Å². The highest BCUT2D eigenvalue weighted by atomic mass is 32.1. The number of benzene rings is 2. The molecule has 6 N–H and O–H groups in total. The summed E-state index contributed by atoms with van der Waals surface area (Å²) in [5.41, 5.74) is 9.70. The maximum absolute atomic E-state index is 14.1. The van der Waals surface area contributed by atoms with Crippen molar-refractivity contribution in [3.05, 3.63) is 70.9 Å². The third kappa shape index (κ3) is 14.6. The summed E-state index contributed by atoms with van der Waals surface area (Å²) in [5, 5.41) is 19.4. The van der Waals surface area contributed by atoms with Crippen LogP contribution >= 0.6 is 11.3 Å². The number of carbonyl (C=O) groups excluding carboxylic acids is 5. The van der Waals surface area contributed by atoms with Crippen LogP contribution in [-0.4, -0.2) is 87.7 Å². The molecule has 3 aromatic rings. The summed E-state index contributed by atoms with van der Waals surface area (Å²) in [6.07, 6.45) is 1.10. The third-order valence-electron chi connectivity index (χ3n) is 9.99. The van der Waals surface area contributed by atoms with E-state index in [1.54, 1.807) is 38.2 Å². The second kappa shape index (κ2) is 20.8. The molecule has 1 aliphatic heterocycles. The predicted molar refractivity (Wildman–Crippen MR) is 227 cm³/mol. The summed E-state index contributed by atoms with van der Waals surface area (Å²) in [5.74, 6) is -0.940. The molecule has 0 unspecified atom stereocenters. The molecule has 4 rings (SSSR count). The number of carbonyl (C=O) groups is 5. The molecule has 5 atom stereocenters. The lowest BCUT2D eigenvalue weighted by molar-refractivity contribution is -0.144. The van der Waals surface area contributed by atoms with E-state index in [9.17, 15) is 29.1 Å². The number of unbranched alkanes of at least 4 members (excludes halogenated alkanes) is 1. The number of nitrogens with one attached hydrogen (secondary N) is 3. The van der Waals surface area contributed by atoms with E-state index in [0.717, 1.165) is 27.3 Å². The number of aliphatic hydroxyl groups is 1. The van der Waals surface area contributed by atoms with Crippen molar-refractivity contribution in [2.75, 3.05) is 13.2 Å². The lowest BCUT2D eigenvalue weighted by Crippen LogP contribution is -2.57. The maximum atomic E-state index is 14.1. The number of rotatable bonds is 18. The number of aryl methyl sites for hydroxylation is 2. The van der Waals surface area contributed by atoms with Crippen molar-refractivity contribution in [1.82, 2.24) is 25.8 Å². The monoisotopic (exact) mass is 834 g/mol. The Morgan fingerprint density at radius 2 is 1.69 bits per heavy atom. The fraction of sp³-hybridized carbons (Fsp3) is 0.545. The molecule has 1 fully saturated rings. The number of amides is 5. The van der Waals surface area contributed by atoms with E-state index in [4.69, 9.17) is 15.2 Å². The van der Waals surface area contributed by atoms with Gasteiger partial charge in [-0.3, -0.25) is 19.2 Å². The third-order valence-corrected chi connectivity index (χ3v) is 11.0. The first-order valence-corrected chi connectivity index (χ1v) is 21.2. The van der Waals surface area contributed by atoms with Gasteiger partial charge in [0.15, 0.2) is 0 Å². The van der Waals surface area contributed by atoms with Crippen molar-refractivity contribution in [3.63, 3.8) is 0 Å². The second-order valence-corrected chi connectivity index (χ2v) is 18.3. The molecule has 15 heteroatoms. The van der Waals surface area contributed by atoms with Crippen molar-refractivity contribution >= 4 is 41.1 Å². The molecule has 0 spiro atoms. The van der Waals surface area contributed by atoms with Crippen molar-refractivity contribution in [1.29, 1.82) is 0 Å². The Morgan fingerprint density at radius 1 is 0.983 bits per heavy atom. The highest BCUT2D eigenvalue weighted by molar-refractivity contribution is 7.13. The lowest BCUT2D eigenvalue weighted by Gasteiger charge is -2.35. The zero-order valence-electron chi connectivity index (χ0n) is 35.6. The Labute approximate surface area is 352 Å². The standard InChI is InChI=1S/C44H62N6O8S/c1-27(30-16-18-31(19-17-30)38-28(2)46-26-59-38)47-40(54)35-23-33(51)24-50(35)41(55)39(43(3,4)5)49-37(53)15-10-9-12-29-13-11-14-34(22-29)57-25-32(20-21-36(45)52)48-42(56)58-44(6,7)8/h11,13-14,16-19,22,26-27,32-33,35,39,51H,9-10,12,15,20-21,23-25H2,1-8H3,(H2,45,52)(H,47,54)(H,48,56)(H,49,53)/t27-,32-,33+,35-,39+/m0/s1. The van der Waals surface area contributed by atoms with E-state index < -0.39 is 53.2 Å². The zero-order valence-corrected chi connectivity index (χ0v) is 36.4. The summed E-state index contributed by atoms with van der Waals surface area (Å²) in [4.78, 5) is 71.6. The number of hydrogen-bond acceptors (Lipinski definition) is 10. The van der Waals surface area contributed by atoms with Crippen LogP contribution in [0.4, 0.5) is 4.79 Å². The average molecular weight is 835 g/mol. The van der Waals surface area contributed by atoms with Gasteiger partial charge < -0.3 is 41.2 Å². The minimum absolute atomic E-state index is 0.00624. The Hall–Kier alpha value is -5.02. The van der Waals surface area contributed by atoms with Crippen LogP contribution in [-0.2, 0) is 30.3 Å². The van der Waals surface area contributed by atoms with Gasteiger partial charge in [-0.2, -0.15) is 0 Å². The molecular formula is C44H62N6O8S. The molecule has 0 saturated carbocycles. The summed E-state index contributed by atoms with van der Waals surface area (Å²) < 4.78 is 11.3. The molecule has 322 valence electrons. The minimum atomic E-state index is -0.916. The largest absolute Gasteiger partial charge is 0.491 e. The summed E-state index contributed by atoms with van der Waals surface area (Å²) in [7, 11) is 0. The molecular weight excluding hydrogens is 773 g/mol. The summed E-state index contributed by atoms with van der Waals surface area (Å²) in [6.45, 7) is 14.8. The highest BCUT2D eigenvalue weighted by Crippen LogP contribution is 2.30. The van der Waals surface area contributed by atoms with Crippen LogP contribution in [0.25, 0.3) is 10.4 Å². The number of nitrogens with two attached hydrogens (primary N) is 1. The van der Waals surface area contributed by atoms with Crippen LogP contribution in [0.3, 0.4) is 0 Å². The van der Waals surface area contributed by atoms with Gasteiger partial charge in [0.1, 0.15) is 30.0 Å². The van der Waals surface area contributed by atoms with Gasteiger partial charge >= 0.3 is 6.09 Å². The van der Waals surface area contributed by atoms with Gasteiger partial charge in [0, 0.05) is 25.8 Å². The molecule has 1 saturated heterocycles. The quantitative estimate of drug-likeness (QED) is 0.0992. The average Bonchev–Trinajstić information content (AvgIpc) is 3.77. The van der Waals surface area contributed by atoms with Crippen LogP contribution < -0.4 is 26.4 Å². The topological polar surface area (TPSA) is 202 Å². The van der Waals surface area contributed by atoms with Crippen molar-refractivity contribution < 1.29 is 38.6 Å². The molecule has 2 heterocycles. The van der Waals surface area contributed by atoms with E-state index in [-0.39, 0.29) is 56.7 Å². The molecule has 1 aliphatic rings.